The van der Waals surface area contributed by atoms with Gasteiger partial charge in [-0.1, -0.05) is 23.7 Å². The molecule has 1 aromatic rings. The summed E-state index contributed by atoms with van der Waals surface area (Å²) in [5.41, 5.74) is 6.82. The second kappa shape index (κ2) is 4.80. The van der Waals surface area contributed by atoms with E-state index in [-0.39, 0.29) is 23.4 Å². The van der Waals surface area contributed by atoms with Gasteiger partial charge in [0.15, 0.2) is 0 Å². The molecule has 0 aliphatic heterocycles. The lowest BCUT2D eigenvalue weighted by molar-refractivity contribution is -0.125. The van der Waals surface area contributed by atoms with Crippen LogP contribution in [-0.4, -0.2) is 11.9 Å². The van der Waals surface area contributed by atoms with Crippen LogP contribution in [-0.2, 0) is 10.3 Å². The lowest BCUT2D eigenvalue weighted by Gasteiger charge is -2.20. The third-order valence-electron chi connectivity index (χ3n) is 4.33. The maximum absolute atomic E-state index is 12.3. The van der Waals surface area contributed by atoms with Crippen LogP contribution in [0.15, 0.2) is 24.3 Å². The Kier molecular flexibility index (Phi) is 3.27. The molecule has 0 heterocycles. The number of carbonyl (C=O) groups is 1. The molecular formula is C15H19ClN2O. The van der Waals surface area contributed by atoms with E-state index in [0.717, 1.165) is 42.7 Å². The van der Waals surface area contributed by atoms with Gasteiger partial charge in [-0.2, -0.15) is 0 Å². The minimum atomic E-state index is -0.172. The lowest BCUT2D eigenvalue weighted by atomic mass is 10.0. The largest absolute Gasteiger partial charge is 0.346 e. The molecule has 1 aromatic carbocycles. The van der Waals surface area contributed by atoms with E-state index in [1.54, 1.807) is 0 Å². The van der Waals surface area contributed by atoms with Crippen molar-refractivity contribution in [3.05, 3.63) is 34.9 Å². The first-order valence-corrected chi connectivity index (χ1v) is 7.30. The second-order valence-corrected chi connectivity index (χ2v) is 6.29. The van der Waals surface area contributed by atoms with Crippen LogP contribution in [0.1, 0.15) is 37.7 Å². The average Bonchev–Trinajstić information content (AvgIpc) is 3.03. The molecule has 3 rings (SSSR count). The summed E-state index contributed by atoms with van der Waals surface area (Å²) in [7, 11) is 0. The van der Waals surface area contributed by atoms with Crippen molar-refractivity contribution in [3.63, 3.8) is 0 Å². The molecular weight excluding hydrogens is 260 g/mol. The Morgan fingerprint density at radius 2 is 2.16 bits per heavy atom. The number of nitrogens with two attached hydrogens (primary N) is 1. The smallest absolute Gasteiger partial charge is 0.223 e. The molecule has 2 aliphatic rings. The van der Waals surface area contributed by atoms with Crippen LogP contribution in [0.2, 0.25) is 5.02 Å². The fourth-order valence-electron chi connectivity index (χ4n) is 2.99. The van der Waals surface area contributed by atoms with Gasteiger partial charge in [-0.05, 0) is 49.8 Å². The molecule has 4 heteroatoms. The van der Waals surface area contributed by atoms with Crippen molar-refractivity contribution in [2.24, 2.45) is 11.7 Å². The topological polar surface area (TPSA) is 55.1 Å². The predicted molar refractivity (Wildman–Crippen MR) is 75.8 cm³/mol. The van der Waals surface area contributed by atoms with Crippen molar-refractivity contribution in [1.29, 1.82) is 0 Å². The lowest BCUT2D eigenvalue weighted by Crippen LogP contribution is -2.38. The van der Waals surface area contributed by atoms with Crippen molar-refractivity contribution in [2.45, 2.75) is 43.7 Å². The molecule has 3 N–H and O–H groups in total. The Balaban J connectivity index is 1.71. The van der Waals surface area contributed by atoms with E-state index in [1.807, 2.05) is 24.3 Å². The number of carbonyl (C=O) groups excluding carboxylic acids is 1. The Labute approximate surface area is 118 Å². The molecule has 19 heavy (non-hydrogen) atoms. The van der Waals surface area contributed by atoms with Crippen LogP contribution in [0.5, 0.6) is 0 Å². The highest BCUT2D eigenvalue weighted by molar-refractivity contribution is 6.30. The molecule has 2 unspecified atom stereocenters. The van der Waals surface area contributed by atoms with Gasteiger partial charge < -0.3 is 11.1 Å². The van der Waals surface area contributed by atoms with Crippen LogP contribution in [0.4, 0.5) is 0 Å². The SMILES string of the molecule is NC1CCC(C(=O)NC2(c3cccc(Cl)c3)CC2)C1. The highest BCUT2D eigenvalue weighted by Gasteiger charge is 2.46. The predicted octanol–water partition coefficient (Wildman–Crippen LogP) is 2.57. The molecule has 0 bridgehead atoms. The van der Waals surface area contributed by atoms with Gasteiger partial charge in [0.1, 0.15) is 0 Å². The monoisotopic (exact) mass is 278 g/mol. The minimum Gasteiger partial charge on any atom is -0.346 e. The molecule has 0 radical (unpaired) electrons. The molecule has 102 valence electrons. The molecule has 0 spiro atoms. The minimum absolute atomic E-state index is 0.0895. The van der Waals surface area contributed by atoms with Gasteiger partial charge in [-0.15, -0.1) is 0 Å². The normalized spacial score (nSPS) is 28.1. The summed E-state index contributed by atoms with van der Waals surface area (Å²) >= 11 is 6.03. The molecule has 2 saturated carbocycles. The van der Waals surface area contributed by atoms with Crippen molar-refractivity contribution in [1.82, 2.24) is 5.32 Å². The Morgan fingerprint density at radius 3 is 2.74 bits per heavy atom. The highest BCUT2D eigenvalue weighted by atomic mass is 35.5. The molecule has 3 nitrogen and oxygen atoms in total. The van der Waals surface area contributed by atoms with E-state index in [2.05, 4.69) is 5.32 Å². The van der Waals surface area contributed by atoms with E-state index < -0.39 is 0 Å². The summed E-state index contributed by atoms with van der Waals surface area (Å²) < 4.78 is 0. The quantitative estimate of drug-likeness (QED) is 0.893. The fourth-order valence-corrected chi connectivity index (χ4v) is 3.18. The zero-order valence-electron chi connectivity index (χ0n) is 10.9. The molecule has 2 atom stereocenters. The number of halogens is 1. The summed E-state index contributed by atoms with van der Waals surface area (Å²) in [6.07, 6.45) is 4.69. The molecule has 0 saturated heterocycles. The number of hydrogen-bond acceptors (Lipinski definition) is 2. The first-order chi connectivity index (χ1) is 9.09. The first-order valence-electron chi connectivity index (χ1n) is 6.93. The second-order valence-electron chi connectivity index (χ2n) is 5.85. The van der Waals surface area contributed by atoms with Crippen LogP contribution in [0.3, 0.4) is 0 Å². The summed E-state index contributed by atoms with van der Waals surface area (Å²) in [5, 5.41) is 3.94. The van der Waals surface area contributed by atoms with Gasteiger partial charge in [-0.25, -0.2) is 0 Å². The Hall–Kier alpha value is -1.06. The zero-order chi connectivity index (χ0) is 13.5. The van der Waals surface area contributed by atoms with E-state index >= 15 is 0 Å². The molecule has 1 amide bonds. The number of amides is 1. The van der Waals surface area contributed by atoms with Gasteiger partial charge in [0.2, 0.25) is 5.91 Å². The zero-order valence-corrected chi connectivity index (χ0v) is 11.6. The van der Waals surface area contributed by atoms with Crippen LogP contribution in [0.25, 0.3) is 0 Å². The van der Waals surface area contributed by atoms with Crippen molar-refractivity contribution in [3.8, 4) is 0 Å². The summed E-state index contributed by atoms with van der Waals surface area (Å²) in [6, 6.07) is 7.99. The number of nitrogens with one attached hydrogen (secondary N) is 1. The average molecular weight is 279 g/mol. The van der Waals surface area contributed by atoms with Crippen LogP contribution in [0, 0.1) is 5.92 Å². The third kappa shape index (κ3) is 2.63. The van der Waals surface area contributed by atoms with E-state index in [4.69, 9.17) is 17.3 Å². The first kappa shape index (κ1) is 12.9. The molecule has 2 aliphatic carbocycles. The molecule has 2 fully saturated rings. The van der Waals surface area contributed by atoms with Gasteiger partial charge in [0, 0.05) is 17.0 Å². The van der Waals surface area contributed by atoms with Gasteiger partial charge in [0.05, 0.1) is 5.54 Å². The standard InChI is InChI=1S/C15H19ClN2O/c16-12-3-1-2-11(9-12)15(6-7-15)18-14(19)10-4-5-13(17)8-10/h1-3,9-10,13H,4-8,17H2,(H,18,19). The van der Waals surface area contributed by atoms with Gasteiger partial charge in [-0.3, -0.25) is 4.79 Å². The van der Waals surface area contributed by atoms with Gasteiger partial charge >= 0.3 is 0 Å². The number of hydrogen-bond donors (Lipinski definition) is 2. The fraction of sp³-hybridized carbons (Fsp3) is 0.533. The maximum Gasteiger partial charge on any atom is 0.223 e. The van der Waals surface area contributed by atoms with Crippen molar-refractivity contribution in [2.75, 3.05) is 0 Å². The van der Waals surface area contributed by atoms with E-state index in [9.17, 15) is 4.79 Å². The third-order valence-corrected chi connectivity index (χ3v) is 4.57. The maximum atomic E-state index is 12.3. The summed E-state index contributed by atoms with van der Waals surface area (Å²) in [6.45, 7) is 0. The van der Waals surface area contributed by atoms with Crippen molar-refractivity contribution < 1.29 is 4.79 Å². The highest BCUT2D eigenvalue weighted by Crippen LogP contribution is 2.46. The van der Waals surface area contributed by atoms with Gasteiger partial charge in [0.25, 0.3) is 0 Å². The van der Waals surface area contributed by atoms with E-state index in [0.29, 0.717) is 0 Å². The number of benzene rings is 1. The molecule has 0 aromatic heterocycles. The van der Waals surface area contributed by atoms with E-state index in [1.165, 1.54) is 0 Å². The van der Waals surface area contributed by atoms with Crippen LogP contribution >= 0.6 is 11.6 Å². The Bertz CT molecular complexity index is 499. The summed E-state index contributed by atoms with van der Waals surface area (Å²) in [5.74, 6) is 0.247. The van der Waals surface area contributed by atoms with Crippen LogP contribution < -0.4 is 11.1 Å². The van der Waals surface area contributed by atoms with Crippen molar-refractivity contribution >= 4 is 17.5 Å². The Morgan fingerprint density at radius 1 is 1.37 bits per heavy atom. The number of rotatable bonds is 3. The summed E-state index contributed by atoms with van der Waals surface area (Å²) in [4.78, 5) is 12.3.